The van der Waals surface area contributed by atoms with E-state index in [9.17, 15) is 18.4 Å². The lowest BCUT2D eigenvalue weighted by atomic mass is 9.79. The fourth-order valence-electron chi connectivity index (χ4n) is 3.18. The average Bonchev–Trinajstić information content (AvgIpc) is 2.61. The Morgan fingerprint density at radius 3 is 2.56 bits per heavy atom. The van der Waals surface area contributed by atoms with E-state index < -0.39 is 23.5 Å². The Hall–Kier alpha value is -2.76. The van der Waals surface area contributed by atoms with Gasteiger partial charge < -0.3 is 10.2 Å². The fraction of sp³-hybridized carbons (Fsp3) is 0.263. The standard InChI is InChI=1S/C19H18F2N2O2/c1-23-11-10-13(12-6-3-2-4-7-12)16(19(23)25)18(24)22-15-9-5-8-14(20)17(15)21/h2-9,13,16H,10-11H2,1H3,(H,22,24). The number of rotatable bonds is 3. The van der Waals surface area contributed by atoms with E-state index in [0.717, 1.165) is 11.6 Å². The molecule has 1 saturated heterocycles. The number of benzene rings is 2. The first kappa shape index (κ1) is 17.1. The van der Waals surface area contributed by atoms with Crippen molar-refractivity contribution in [2.45, 2.75) is 12.3 Å². The van der Waals surface area contributed by atoms with Crippen molar-refractivity contribution in [2.24, 2.45) is 5.92 Å². The van der Waals surface area contributed by atoms with Crippen LogP contribution < -0.4 is 5.32 Å². The molecule has 2 amide bonds. The Morgan fingerprint density at radius 1 is 1.12 bits per heavy atom. The van der Waals surface area contributed by atoms with E-state index >= 15 is 0 Å². The van der Waals surface area contributed by atoms with Crippen molar-refractivity contribution < 1.29 is 18.4 Å². The van der Waals surface area contributed by atoms with E-state index in [1.54, 1.807) is 7.05 Å². The molecule has 6 heteroatoms. The fourth-order valence-corrected chi connectivity index (χ4v) is 3.18. The van der Waals surface area contributed by atoms with Gasteiger partial charge in [0.25, 0.3) is 0 Å². The number of amides is 2. The van der Waals surface area contributed by atoms with Gasteiger partial charge in [0.1, 0.15) is 5.92 Å². The van der Waals surface area contributed by atoms with Crippen LogP contribution in [0.4, 0.5) is 14.5 Å². The van der Waals surface area contributed by atoms with Gasteiger partial charge in [0.2, 0.25) is 11.8 Å². The van der Waals surface area contributed by atoms with Crippen molar-refractivity contribution >= 4 is 17.5 Å². The number of nitrogens with zero attached hydrogens (tertiary/aromatic N) is 1. The summed E-state index contributed by atoms with van der Waals surface area (Å²) in [4.78, 5) is 26.8. The van der Waals surface area contributed by atoms with Crippen LogP contribution in [0.1, 0.15) is 17.9 Å². The summed E-state index contributed by atoms with van der Waals surface area (Å²) in [7, 11) is 1.63. The lowest BCUT2D eigenvalue weighted by Gasteiger charge is -2.35. The Balaban J connectivity index is 1.90. The lowest BCUT2D eigenvalue weighted by molar-refractivity contribution is -0.143. The molecule has 0 aromatic heterocycles. The first-order chi connectivity index (χ1) is 12.0. The molecule has 2 atom stereocenters. The van der Waals surface area contributed by atoms with Gasteiger partial charge in [0, 0.05) is 19.5 Å². The Bertz CT molecular complexity index is 795. The molecule has 4 nitrogen and oxygen atoms in total. The van der Waals surface area contributed by atoms with Crippen molar-refractivity contribution in [2.75, 3.05) is 18.9 Å². The van der Waals surface area contributed by atoms with Gasteiger partial charge in [-0.05, 0) is 24.1 Å². The summed E-state index contributed by atoms with van der Waals surface area (Å²) in [5.74, 6) is -4.43. The van der Waals surface area contributed by atoms with Gasteiger partial charge in [-0.3, -0.25) is 9.59 Å². The third-order valence-corrected chi connectivity index (χ3v) is 4.54. The van der Waals surface area contributed by atoms with Crippen LogP contribution in [0.3, 0.4) is 0 Å². The minimum Gasteiger partial charge on any atom is -0.345 e. The highest BCUT2D eigenvalue weighted by molar-refractivity contribution is 6.07. The van der Waals surface area contributed by atoms with Crippen LogP contribution in [0.5, 0.6) is 0 Å². The van der Waals surface area contributed by atoms with Crippen LogP contribution in [-0.2, 0) is 9.59 Å². The Kier molecular flexibility index (Phi) is 4.79. The topological polar surface area (TPSA) is 49.4 Å². The number of carbonyl (C=O) groups is 2. The van der Waals surface area contributed by atoms with Crippen LogP contribution in [0.2, 0.25) is 0 Å². The molecule has 2 aromatic carbocycles. The van der Waals surface area contributed by atoms with Gasteiger partial charge in [0.05, 0.1) is 5.69 Å². The zero-order chi connectivity index (χ0) is 18.0. The molecule has 25 heavy (non-hydrogen) atoms. The number of halogens is 2. The summed E-state index contributed by atoms with van der Waals surface area (Å²) < 4.78 is 27.2. The molecular formula is C19H18F2N2O2. The second kappa shape index (κ2) is 7.01. The third kappa shape index (κ3) is 3.38. The molecule has 1 aliphatic heterocycles. The van der Waals surface area contributed by atoms with Crippen LogP contribution in [0, 0.1) is 17.6 Å². The van der Waals surface area contributed by atoms with Crippen molar-refractivity contribution in [3.05, 3.63) is 65.7 Å². The van der Waals surface area contributed by atoms with Gasteiger partial charge in [-0.1, -0.05) is 36.4 Å². The van der Waals surface area contributed by atoms with Crippen molar-refractivity contribution in [1.82, 2.24) is 4.90 Å². The highest BCUT2D eigenvalue weighted by Gasteiger charge is 2.41. The number of carbonyl (C=O) groups excluding carboxylic acids is 2. The van der Waals surface area contributed by atoms with E-state index in [0.29, 0.717) is 13.0 Å². The number of likely N-dealkylation sites (tertiary alicyclic amines) is 1. The zero-order valence-corrected chi connectivity index (χ0v) is 13.7. The molecule has 0 bridgehead atoms. The molecule has 3 rings (SSSR count). The monoisotopic (exact) mass is 344 g/mol. The first-order valence-corrected chi connectivity index (χ1v) is 8.04. The second-order valence-electron chi connectivity index (χ2n) is 6.13. The Morgan fingerprint density at radius 2 is 1.84 bits per heavy atom. The number of piperidine rings is 1. The smallest absolute Gasteiger partial charge is 0.237 e. The third-order valence-electron chi connectivity index (χ3n) is 4.54. The molecule has 0 saturated carbocycles. The molecule has 1 heterocycles. The van der Waals surface area contributed by atoms with Crippen molar-refractivity contribution in [3.8, 4) is 0 Å². The molecule has 2 unspecified atom stereocenters. The zero-order valence-electron chi connectivity index (χ0n) is 13.7. The quantitative estimate of drug-likeness (QED) is 0.870. The first-order valence-electron chi connectivity index (χ1n) is 8.04. The molecule has 1 fully saturated rings. The summed E-state index contributed by atoms with van der Waals surface area (Å²) in [6.45, 7) is 0.538. The molecular weight excluding hydrogens is 326 g/mol. The van der Waals surface area contributed by atoms with Crippen LogP contribution in [0.15, 0.2) is 48.5 Å². The summed E-state index contributed by atoms with van der Waals surface area (Å²) in [6, 6.07) is 12.8. The van der Waals surface area contributed by atoms with E-state index in [2.05, 4.69) is 5.32 Å². The molecule has 0 radical (unpaired) electrons. The molecule has 130 valence electrons. The van der Waals surface area contributed by atoms with Crippen LogP contribution in [-0.4, -0.2) is 30.3 Å². The second-order valence-corrected chi connectivity index (χ2v) is 6.13. The minimum atomic E-state index is -1.14. The highest BCUT2D eigenvalue weighted by atomic mass is 19.2. The number of hydrogen-bond acceptors (Lipinski definition) is 2. The molecule has 1 aliphatic rings. The number of hydrogen-bond donors (Lipinski definition) is 1. The van der Waals surface area contributed by atoms with Gasteiger partial charge in [-0.25, -0.2) is 8.78 Å². The SMILES string of the molecule is CN1CCC(c2ccccc2)C(C(=O)Nc2cccc(F)c2F)C1=O. The molecule has 2 aromatic rings. The van der Waals surface area contributed by atoms with Gasteiger partial charge >= 0.3 is 0 Å². The van der Waals surface area contributed by atoms with E-state index in [4.69, 9.17) is 0 Å². The normalized spacial score (nSPS) is 20.4. The lowest BCUT2D eigenvalue weighted by Crippen LogP contribution is -2.47. The molecule has 0 aliphatic carbocycles. The summed E-state index contributed by atoms with van der Waals surface area (Å²) in [6.07, 6.45) is 0.621. The predicted octanol–water partition coefficient (Wildman–Crippen LogP) is 3.17. The summed E-state index contributed by atoms with van der Waals surface area (Å²) >= 11 is 0. The summed E-state index contributed by atoms with van der Waals surface area (Å²) in [5.41, 5.74) is 0.613. The number of nitrogens with one attached hydrogen (secondary N) is 1. The van der Waals surface area contributed by atoms with Crippen molar-refractivity contribution in [3.63, 3.8) is 0 Å². The molecule has 0 spiro atoms. The van der Waals surface area contributed by atoms with Gasteiger partial charge in [-0.2, -0.15) is 0 Å². The predicted molar refractivity (Wildman–Crippen MR) is 89.9 cm³/mol. The number of anilines is 1. The maximum atomic E-state index is 13.8. The maximum absolute atomic E-state index is 13.8. The minimum absolute atomic E-state index is 0.266. The van der Waals surface area contributed by atoms with Crippen LogP contribution >= 0.6 is 0 Å². The van der Waals surface area contributed by atoms with Gasteiger partial charge in [0.15, 0.2) is 11.6 Å². The Labute approximate surface area is 144 Å². The van der Waals surface area contributed by atoms with Crippen LogP contribution in [0.25, 0.3) is 0 Å². The largest absolute Gasteiger partial charge is 0.345 e. The van der Waals surface area contributed by atoms with E-state index in [-0.39, 0.29) is 17.5 Å². The van der Waals surface area contributed by atoms with E-state index in [1.165, 1.54) is 17.0 Å². The average molecular weight is 344 g/mol. The summed E-state index contributed by atoms with van der Waals surface area (Å²) in [5, 5.41) is 2.37. The van der Waals surface area contributed by atoms with Crippen molar-refractivity contribution in [1.29, 1.82) is 0 Å². The maximum Gasteiger partial charge on any atom is 0.237 e. The molecule has 1 N–H and O–H groups in total. The van der Waals surface area contributed by atoms with Gasteiger partial charge in [-0.15, -0.1) is 0 Å². The highest BCUT2D eigenvalue weighted by Crippen LogP contribution is 2.34. The van der Waals surface area contributed by atoms with E-state index in [1.807, 2.05) is 30.3 Å².